The Balaban J connectivity index is 2.31. The second kappa shape index (κ2) is 5.86. The normalized spacial score (nSPS) is 11.5. The number of carbonyl (C=O) groups excluding carboxylic acids is 1. The van der Waals surface area contributed by atoms with Crippen LogP contribution in [0.3, 0.4) is 0 Å². The molecule has 0 aliphatic heterocycles. The lowest BCUT2D eigenvalue weighted by molar-refractivity contribution is -0.143. The van der Waals surface area contributed by atoms with Gasteiger partial charge < -0.3 is 9.47 Å². The first-order valence-corrected chi connectivity index (χ1v) is 4.73. The van der Waals surface area contributed by atoms with Crippen molar-refractivity contribution in [2.24, 2.45) is 0 Å². The van der Waals surface area contributed by atoms with Gasteiger partial charge in [0, 0.05) is 6.08 Å². The zero-order chi connectivity index (χ0) is 11.1. The Kier molecular flexibility index (Phi) is 4.41. The van der Waals surface area contributed by atoms with Crippen molar-refractivity contribution in [3.8, 4) is 5.75 Å². The van der Waals surface area contributed by atoms with E-state index < -0.39 is 5.97 Å². The number of hydrogen-bond donors (Lipinski definition) is 0. The maximum atomic E-state index is 10.8. The van der Waals surface area contributed by atoms with Crippen LogP contribution in [0.25, 0.3) is 0 Å². The molecule has 0 amide bonds. The van der Waals surface area contributed by atoms with Gasteiger partial charge >= 0.3 is 5.97 Å². The molecule has 0 N–H and O–H groups in total. The minimum atomic E-state index is -0.431. The molecule has 1 atom stereocenters. The highest BCUT2D eigenvalue weighted by molar-refractivity contribution is 5.81. The molecule has 0 fully saturated rings. The van der Waals surface area contributed by atoms with Crippen molar-refractivity contribution in [3.05, 3.63) is 43.0 Å². The summed E-state index contributed by atoms with van der Waals surface area (Å²) in [4.78, 5) is 10.8. The molecule has 0 aliphatic rings. The molecule has 0 spiro atoms. The zero-order valence-electron chi connectivity index (χ0n) is 8.68. The molecule has 0 bridgehead atoms. The molecule has 1 rings (SSSR count). The van der Waals surface area contributed by atoms with Gasteiger partial charge in [0.1, 0.15) is 18.5 Å². The maximum Gasteiger partial charge on any atom is 0.330 e. The van der Waals surface area contributed by atoms with Crippen molar-refractivity contribution in [1.82, 2.24) is 0 Å². The van der Waals surface area contributed by atoms with Crippen LogP contribution < -0.4 is 4.74 Å². The highest BCUT2D eigenvalue weighted by Crippen LogP contribution is 2.09. The Hall–Kier alpha value is -1.77. The van der Waals surface area contributed by atoms with Crippen molar-refractivity contribution < 1.29 is 14.3 Å². The zero-order valence-corrected chi connectivity index (χ0v) is 8.68. The van der Waals surface area contributed by atoms with Crippen LogP contribution in [0.5, 0.6) is 5.75 Å². The summed E-state index contributed by atoms with van der Waals surface area (Å²) in [7, 11) is 0. The first kappa shape index (κ1) is 11.3. The van der Waals surface area contributed by atoms with Gasteiger partial charge in [0.25, 0.3) is 0 Å². The summed E-state index contributed by atoms with van der Waals surface area (Å²) >= 11 is 0. The minimum Gasteiger partial charge on any atom is -0.490 e. The SMILES string of the molecule is C=CC(=O)OC(C)COc1ccccc1. The Labute approximate surface area is 89.3 Å². The number of hydrogen-bond acceptors (Lipinski definition) is 3. The highest BCUT2D eigenvalue weighted by atomic mass is 16.6. The van der Waals surface area contributed by atoms with Crippen LogP contribution in [0.4, 0.5) is 0 Å². The van der Waals surface area contributed by atoms with Crippen molar-refractivity contribution >= 4 is 5.97 Å². The van der Waals surface area contributed by atoms with E-state index in [4.69, 9.17) is 9.47 Å². The van der Waals surface area contributed by atoms with Gasteiger partial charge in [-0.25, -0.2) is 4.79 Å². The topological polar surface area (TPSA) is 35.5 Å². The molecule has 0 aliphatic carbocycles. The van der Waals surface area contributed by atoms with Gasteiger partial charge in [0.2, 0.25) is 0 Å². The molecule has 1 unspecified atom stereocenters. The first-order valence-electron chi connectivity index (χ1n) is 4.73. The summed E-state index contributed by atoms with van der Waals surface area (Å²) in [5.41, 5.74) is 0. The maximum absolute atomic E-state index is 10.8. The summed E-state index contributed by atoms with van der Waals surface area (Å²) in [6, 6.07) is 9.38. The van der Waals surface area contributed by atoms with Gasteiger partial charge in [0.05, 0.1) is 0 Å². The third-order valence-corrected chi connectivity index (χ3v) is 1.71. The predicted molar refractivity (Wildman–Crippen MR) is 57.7 cm³/mol. The van der Waals surface area contributed by atoms with Crippen LogP contribution in [0.15, 0.2) is 43.0 Å². The molecule has 0 radical (unpaired) electrons. The van der Waals surface area contributed by atoms with Crippen molar-refractivity contribution in [2.45, 2.75) is 13.0 Å². The van der Waals surface area contributed by atoms with Gasteiger partial charge in [-0.15, -0.1) is 0 Å². The molecular weight excluding hydrogens is 192 g/mol. The van der Waals surface area contributed by atoms with Crippen molar-refractivity contribution in [1.29, 1.82) is 0 Å². The van der Waals surface area contributed by atoms with E-state index in [1.54, 1.807) is 6.92 Å². The van der Waals surface area contributed by atoms with Gasteiger partial charge in [0.15, 0.2) is 0 Å². The van der Waals surface area contributed by atoms with Gasteiger partial charge in [-0.05, 0) is 19.1 Å². The largest absolute Gasteiger partial charge is 0.490 e. The molecular formula is C12H14O3. The van der Waals surface area contributed by atoms with Crippen LogP contribution in [0.1, 0.15) is 6.92 Å². The Bertz CT molecular complexity index is 319. The Morgan fingerprint density at radius 3 is 2.73 bits per heavy atom. The molecule has 15 heavy (non-hydrogen) atoms. The third kappa shape index (κ3) is 4.31. The lowest BCUT2D eigenvalue weighted by atomic mass is 10.3. The van der Waals surface area contributed by atoms with E-state index in [9.17, 15) is 4.79 Å². The highest BCUT2D eigenvalue weighted by Gasteiger charge is 2.06. The summed E-state index contributed by atoms with van der Waals surface area (Å²) in [5, 5.41) is 0. The minimum absolute atomic E-state index is 0.282. The molecule has 0 heterocycles. The molecule has 0 aromatic heterocycles. The Morgan fingerprint density at radius 2 is 2.13 bits per heavy atom. The first-order chi connectivity index (χ1) is 7.22. The van der Waals surface area contributed by atoms with E-state index in [0.717, 1.165) is 11.8 Å². The van der Waals surface area contributed by atoms with E-state index in [2.05, 4.69) is 6.58 Å². The van der Waals surface area contributed by atoms with E-state index in [-0.39, 0.29) is 6.10 Å². The number of ether oxygens (including phenoxy) is 2. The van der Waals surface area contributed by atoms with Gasteiger partial charge in [-0.2, -0.15) is 0 Å². The number of para-hydroxylation sites is 1. The van der Waals surface area contributed by atoms with Gasteiger partial charge in [-0.3, -0.25) is 0 Å². The van der Waals surface area contributed by atoms with Crippen LogP contribution in [-0.4, -0.2) is 18.7 Å². The molecule has 1 aromatic carbocycles. The summed E-state index contributed by atoms with van der Waals surface area (Å²) in [6.45, 7) is 5.42. The van der Waals surface area contributed by atoms with Crippen LogP contribution >= 0.6 is 0 Å². The van der Waals surface area contributed by atoms with Crippen molar-refractivity contribution in [2.75, 3.05) is 6.61 Å². The number of rotatable bonds is 5. The molecule has 1 aromatic rings. The Morgan fingerprint density at radius 1 is 1.47 bits per heavy atom. The molecule has 0 saturated carbocycles. The van der Waals surface area contributed by atoms with Crippen LogP contribution in [-0.2, 0) is 9.53 Å². The van der Waals surface area contributed by atoms with E-state index in [1.165, 1.54) is 0 Å². The van der Waals surface area contributed by atoms with Crippen LogP contribution in [0, 0.1) is 0 Å². The fourth-order valence-electron chi connectivity index (χ4n) is 1.01. The fraction of sp³-hybridized carbons (Fsp3) is 0.250. The quantitative estimate of drug-likeness (QED) is 0.547. The third-order valence-electron chi connectivity index (χ3n) is 1.71. The molecule has 80 valence electrons. The monoisotopic (exact) mass is 206 g/mol. The molecule has 0 saturated heterocycles. The number of benzene rings is 1. The van der Waals surface area contributed by atoms with E-state index in [0.29, 0.717) is 6.61 Å². The summed E-state index contributed by atoms with van der Waals surface area (Å²) in [6.07, 6.45) is 0.856. The van der Waals surface area contributed by atoms with Crippen molar-refractivity contribution in [3.63, 3.8) is 0 Å². The second-order valence-corrected chi connectivity index (χ2v) is 3.08. The summed E-state index contributed by atoms with van der Waals surface area (Å²) < 4.78 is 10.3. The standard InChI is InChI=1S/C12H14O3/c1-3-12(13)15-10(2)9-14-11-7-5-4-6-8-11/h3-8,10H,1,9H2,2H3. The van der Waals surface area contributed by atoms with E-state index in [1.807, 2.05) is 30.3 Å². The van der Waals surface area contributed by atoms with Gasteiger partial charge in [-0.1, -0.05) is 24.8 Å². The molecule has 3 nitrogen and oxygen atoms in total. The lowest BCUT2D eigenvalue weighted by Crippen LogP contribution is -2.20. The fourth-order valence-corrected chi connectivity index (χ4v) is 1.01. The number of carbonyl (C=O) groups is 1. The summed E-state index contributed by atoms with van der Waals surface area (Å²) in [5.74, 6) is 0.332. The smallest absolute Gasteiger partial charge is 0.330 e. The van der Waals surface area contributed by atoms with Crippen LogP contribution in [0.2, 0.25) is 0 Å². The predicted octanol–water partition coefficient (Wildman–Crippen LogP) is 2.18. The average molecular weight is 206 g/mol. The average Bonchev–Trinajstić information content (AvgIpc) is 2.27. The second-order valence-electron chi connectivity index (χ2n) is 3.08. The van der Waals surface area contributed by atoms with E-state index >= 15 is 0 Å². The number of esters is 1. The molecule has 3 heteroatoms. The lowest BCUT2D eigenvalue weighted by Gasteiger charge is -2.12.